The maximum Gasteiger partial charge on any atom is 0.308 e. The molecule has 5 nitrogen and oxygen atoms in total. The Kier molecular flexibility index (Phi) is 2.98. The van der Waals surface area contributed by atoms with Crippen molar-refractivity contribution in [3.05, 3.63) is 23.3 Å². The molecule has 2 rings (SSSR count). The van der Waals surface area contributed by atoms with Crippen LogP contribution in [0.1, 0.15) is 17.5 Å². The Morgan fingerprint density at radius 2 is 2.06 bits per heavy atom. The number of hydrogen-bond donors (Lipinski definition) is 2. The lowest BCUT2D eigenvalue weighted by atomic mass is 10.1. The quantitative estimate of drug-likeness (QED) is 0.831. The van der Waals surface area contributed by atoms with Crippen LogP contribution in [0.4, 0.5) is 5.69 Å². The highest BCUT2D eigenvalue weighted by Crippen LogP contribution is 2.35. The molecule has 1 aliphatic heterocycles. The molecule has 0 unspecified atom stereocenters. The van der Waals surface area contributed by atoms with Crippen molar-refractivity contribution in [3.8, 4) is 5.75 Å². The van der Waals surface area contributed by atoms with E-state index in [4.69, 9.17) is 5.11 Å². The van der Waals surface area contributed by atoms with E-state index in [2.05, 4.69) is 0 Å². The zero-order valence-corrected chi connectivity index (χ0v) is 10.3. The van der Waals surface area contributed by atoms with Crippen LogP contribution in [0.25, 0.3) is 0 Å². The van der Waals surface area contributed by atoms with Gasteiger partial charge in [0, 0.05) is 13.0 Å². The molecule has 1 saturated heterocycles. The number of aromatic hydroxyl groups is 1. The molecule has 1 aromatic rings. The third-order valence-corrected chi connectivity index (χ3v) is 3.19. The molecule has 0 aliphatic carbocycles. The number of phenols is 1. The molecule has 1 amide bonds. The maximum atomic E-state index is 11.8. The summed E-state index contributed by atoms with van der Waals surface area (Å²) in [5, 5.41) is 18.9. The van der Waals surface area contributed by atoms with E-state index >= 15 is 0 Å². The number of amides is 1. The summed E-state index contributed by atoms with van der Waals surface area (Å²) in [6.07, 6.45) is -0.0121. The average molecular weight is 249 g/mol. The fraction of sp³-hybridized carbons (Fsp3) is 0.385. The van der Waals surface area contributed by atoms with Crippen LogP contribution in [0.5, 0.6) is 5.75 Å². The predicted molar refractivity (Wildman–Crippen MR) is 65.7 cm³/mol. The van der Waals surface area contributed by atoms with Crippen molar-refractivity contribution in [2.24, 2.45) is 5.92 Å². The van der Waals surface area contributed by atoms with Gasteiger partial charge in [-0.3, -0.25) is 9.59 Å². The number of aryl methyl sites for hydroxylation is 2. The molecule has 1 fully saturated rings. The first-order valence-corrected chi connectivity index (χ1v) is 5.73. The Bertz CT molecular complexity index is 524. The van der Waals surface area contributed by atoms with Crippen LogP contribution in [0, 0.1) is 19.8 Å². The lowest BCUT2D eigenvalue weighted by Gasteiger charge is -2.19. The molecule has 0 radical (unpaired) electrons. The molecule has 0 bridgehead atoms. The number of aliphatic carboxylic acids is 1. The topological polar surface area (TPSA) is 77.8 Å². The van der Waals surface area contributed by atoms with Crippen molar-refractivity contribution in [1.82, 2.24) is 0 Å². The van der Waals surface area contributed by atoms with E-state index in [9.17, 15) is 14.7 Å². The Morgan fingerprint density at radius 3 is 2.61 bits per heavy atom. The summed E-state index contributed by atoms with van der Waals surface area (Å²) >= 11 is 0. The second-order valence-electron chi connectivity index (χ2n) is 4.69. The minimum absolute atomic E-state index is 0.0121. The standard InChI is InChI=1S/C13H15NO4/c1-7-3-8(2)12(16)10(4-7)14-6-9(13(17)18)5-11(14)15/h3-4,9,16H,5-6H2,1-2H3,(H,17,18)/t9-/m0/s1. The summed E-state index contributed by atoms with van der Waals surface area (Å²) in [4.78, 5) is 24.1. The van der Waals surface area contributed by atoms with Gasteiger partial charge in [-0.2, -0.15) is 0 Å². The van der Waals surface area contributed by atoms with E-state index < -0.39 is 11.9 Å². The van der Waals surface area contributed by atoms with Gasteiger partial charge in [0.2, 0.25) is 5.91 Å². The summed E-state index contributed by atoms with van der Waals surface area (Å²) in [5.41, 5.74) is 2.00. The number of benzene rings is 1. The molecule has 0 saturated carbocycles. The highest BCUT2D eigenvalue weighted by atomic mass is 16.4. The number of carbonyl (C=O) groups excluding carboxylic acids is 1. The number of carboxylic acid groups (broad SMARTS) is 1. The lowest BCUT2D eigenvalue weighted by Crippen LogP contribution is -2.26. The van der Waals surface area contributed by atoms with Crippen molar-refractivity contribution >= 4 is 17.6 Å². The van der Waals surface area contributed by atoms with Gasteiger partial charge >= 0.3 is 5.97 Å². The van der Waals surface area contributed by atoms with Crippen LogP contribution >= 0.6 is 0 Å². The highest BCUT2D eigenvalue weighted by Gasteiger charge is 2.36. The first-order chi connectivity index (χ1) is 8.40. The van der Waals surface area contributed by atoms with Crippen LogP contribution in [-0.4, -0.2) is 28.6 Å². The third-order valence-electron chi connectivity index (χ3n) is 3.19. The smallest absolute Gasteiger partial charge is 0.308 e. The fourth-order valence-electron chi connectivity index (χ4n) is 2.25. The Hall–Kier alpha value is -2.04. The monoisotopic (exact) mass is 249 g/mol. The summed E-state index contributed by atoms with van der Waals surface area (Å²) in [6, 6.07) is 3.51. The molecule has 18 heavy (non-hydrogen) atoms. The molecule has 0 aromatic heterocycles. The number of rotatable bonds is 2. The second-order valence-corrected chi connectivity index (χ2v) is 4.69. The van der Waals surface area contributed by atoms with Crippen molar-refractivity contribution in [2.75, 3.05) is 11.4 Å². The normalized spacial score (nSPS) is 19.3. The minimum Gasteiger partial charge on any atom is -0.505 e. The van der Waals surface area contributed by atoms with Gasteiger partial charge in [0.15, 0.2) is 0 Å². The summed E-state index contributed by atoms with van der Waals surface area (Å²) in [5.74, 6) is -1.89. The van der Waals surface area contributed by atoms with Crippen molar-refractivity contribution in [3.63, 3.8) is 0 Å². The maximum absolute atomic E-state index is 11.8. The van der Waals surface area contributed by atoms with Gasteiger partial charge in [-0.25, -0.2) is 0 Å². The van der Waals surface area contributed by atoms with Crippen LogP contribution in [0.15, 0.2) is 12.1 Å². The van der Waals surface area contributed by atoms with E-state index in [1.54, 1.807) is 13.0 Å². The van der Waals surface area contributed by atoms with Crippen molar-refractivity contribution < 1.29 is 19.8 Å². The first-order valence-electron chi connectivity index (χ1n) is 5.73. The van der Waals surface area contributed by atoms with E-state index in [0.717, 1.165) is 5.56 Å². The van der Waals surface area contributed by atoms with E-state index in [1.807, 2.05) is 13.0 Å². The molecule has 0 spiro atoms. The van der Waals surface area contributed by atoms with Gasteiger partial charge in [-0.05, 0) is 31.0 Å². The van der Waals surface area contributed by atoms with Crippen LogP contribution in [-0.2, 0) is 9.59 Å². The third kappa shape index (κ3) is 2.03. The molecule has 1 atom stereocenters. The predicted octanol–water partition coefficient (Wildman–Crippen LogP) is 1.45. The Morgan fingerprint density at radius 1 is 1.39 bits per heavy atom. The van der Waals surface area contributed by atoms with E-state index in [-0.39, 0.29) is 24.6 Å². The first kappa shape index (κ1) is 12.4. The number of carbonyl (C=O) groups is 2. The largest absolute Gasteiger partial charge is 0.505 e. The van der Waals surface area contributed by atoms with Crippen LogP contribution in [0.3, 0.4) is 0 Å². The molecular formula is C13H15NO4. The summed E-state index contributed by atoms with van der Waals surface area (Å²) < 4.78 is 0. The van der Waals surface area contributed by atoms with Gasteiger partial charge in [0.1, 0.15) is 5.75 Å². The summed E-state index contributed by atoms with van der Waals surface area (Å²) in [7, 11) is 0. The highest BCUT2D eigenvalue weighted by molar-refractivity contribution is 6.00. The van der Waals surface area contributed by atoms with Gasteiger partial charge in [0.25, 0.3) is 0 Å². The average Bonchev–Trinajstić information content (AvgIpc) is 2.66. The molecular weight excluding hydrogens is 234 g/mol. The zero-order chi connectivity index (χ0) is 13.4. The van der Waals surface area contributed by atoms with Gasteiger partial charge in [-0.15, -0.1) is 0 Å². The Balaban J connectivity index is 2.38. The van der Waals surface area contributed by atoms with E-state index in [1.165, 1.54) is 4.90 Å². The fourth-order valence-corrected chi connectivity index (χ4v) is 2.25. The number of anilines is 1. The van der Waals surface area contributed by atoms with Crippen LogP contribution < -0.4 is 4.90 Å². The Labute approximate surface area is 105 Å². The lowest BCUT2D eigenvalue weighted by molar-refractivity contribution is -0.141. The molecule has 2 N–H and O–H groups in total. The van der Waals surface area contributed by atoms with Crippen molar-refractivity contribution in [2.45, 2.75) is 20.3 Å². The zero-order valence-electron chi connectivity index (χ0n) is 10.3. The van der Waals surface area contributed by atoms with Gasteiger partial charge < -0.3 is 15.1 Å². The second kappa shape index (κ2) is 4.33. The van der Waals surface area contributed by atoms with Gasteiger partial charge in [0.05, 0.1) is 11.6 Å². The number of nitrogens with zero attached hydrogens (tertiary/aromatic N) is 1. The summed E-state index contributed by atoms with van der Waals surface area (Å²) in [6.45, 7) is 3.73. The molecule has 1 heterocycles. The van der Waals surface area contributed by atoms with E-state index in [0.29, 0.717) is 11.3 Å². The van der Waals surface area contributed by atoms with Crippen molar-refractivity contribution in [1.29, 1.82) is 0 Å². The number of phenolic OH excluding ortho intramolecular Hbond substituents is 1. The SMILES string of the molecule is Cc1cc(C)c(O)c(N2C[C@@H](C(=O)O)CC2=O)c1. The molecule has 5 heteroatoms. The number of carboxylic acids is 1. The molecule has 1 aromatic carbocycles. The number of hydrogen-bond acceptors (Lipinski definition) is 3. The molecule has 1 aliphatic rings. The molecule has 96 valence electrons. The van der Waals surface area contributed by atoms with Gasteiger partial charge in [-0.1, -0.05) is 6.07 Å². The van der Waals surface area contributed by atoms with Crippen LogP contribution in [0.2, 0.25) is 0 Å². The minimum atomic E-state index is -0.977.